The van der Waals surface area contributed by atoms with E-state index in [1.54, 1.807) is 11.1 Å². The van der Waals surface area contributed by atoms with Gasteiger partial charge in [0.1, 0.15) is 0 Å². The van der Waals surface area contributed by atoms with Gasteiger partial charge in [-0.15, -0.1) is 24.0 Å². The van der Waals surface area contributed by atoms with Crippen molar-refractivity contribution < 1.29 is 0 Å². The first kappa shape index (κ1) is 18.0. The van der Waals surface area contributed by atoms with Crippen LogP contribution in [0.4, 0.5) is 0 Å². The zero-order valence-corrected chi connectivity index (χ0v) is 17.1. The maximum atomic E-state index is 4.57. The van der Waals surface area contributed by atoms with Gasteiger partial charge in [0.2, 0.25) is 0 Å². The number of nitrogens with one attached hydrogen (secondary N) is 1. The van der Waals surface area contributed by atoms with E-state index in [2.05, 4.69) is 39.5 Å². The number of hydrogen-bond acceptors (Lipinski definition) is 1. The van der Waals surface area contributed by atoms with E-state index in [9.17, 15) is 0 Å². The number of likely N-dealkylation sites (tertiary alicyclic amines) is 1. The number of benzene rings is 1. The van der Waals surface area contributed by atoms with E-state index >= 15 is 0 Å². The minimum Gasteiger partial charge on any atom is -0.356 e. The Kier molecular flexibility index (Phi) is 5.73. The molecule has 1 aliphatic heterocycles. The fourth-order valence-corrected chi connectivity index (χ4v) is 4.81. The molecule has 0 bridgehead atoms. The molecule has 132 valence electrons. The minimum atomic E-state index is 0. The van der Waals surface area contributed by atoms with E-state index in [0.717, 1.165) is 12.5 Å². The number of fused-ring (bicyclic) bond motifs is 1. The van der Waals surface area contributed by atoms with E-state index in [-0.39, 0.29) is 24.0 Å². The van der Waals surface area contributed by atoms with Crippen molar-refractivity contribution in [3.05, 3.63) is 35.4 Å². The molecule has 1 heterocycles. The smallest absolute Gasteiger partial charge is 0.193 e. The summed E-state index contributed by atoms with van der Waals surface area (Å²) in [5.41, 5.74) is 3.74. The number of hydrogen-bond donors (Lipinski definition) is 1. The normalized spacial score (nSPS) is 25.0. The molecular weight excluding hydrogens is 409 g/mol. The van der Waals surface area contributed by atoms with Gasteiger partial charge in [-0.2, -0.15) is 0 Å². The predicted octanol–water partition coefficient (Wildman–Crippen LogP) is 4.18. The summed E-state index contributed by atoms with van der Waals surface area (Å²) in [7, 11) is 1.93. The van der Waals surface area contributed by atoms with Gasteiger partial charge in [0.25, 0.3) is 0 Å². The highest BCUT2D eigenvalue weighted by Crippen LogP contribution is 2.47. The van der Waals surface area contributed by atoms with Gasteiger partial charge in [-0.25, -0.2) is 0 Å². The molecule has 1 aromatic rings. The van der Waals surface area contributed by atoms with Gasteiger partial charge in [0.15, 0.2) is 5.96 Å². The van der Waals surface area contributed by atoms with Crippen LogP contribution in [0.25, 0.3) is 0 Å². The highest BCUT2D eigenvalue weighted by Gasteiger charge is 2.43. The molecule has 3 nitrogen and oxygen atoms in total. The number of rotatable bonds is 2. The molecule has 3 aliphatic rings. The van der Waals surface area contributed by atoms with Gasteiger partial charge < -0.3 is 10.2 Å². The zero-order chi connectivity index (χ0) is 15.7. The molecule has 1 unspecified atom stereocenters. The average Bonchev–Trinajstić information content (AvgIpc) is 3.01. The van der Waals surface area contributed by atoms with Crippen molar-refractivity contribution in [1.29, 1.82) is 0 Å². The average molecular weight is 439 g/mol. The Balaban J connectivity index is 0.00000169. The van der Waals surface area contributed by atoms with Crippen molar-refractivity contribution in [1.82, 2.24) is 10.2 Å². The molecule has 0 radical (unpaired) electrons. The molecule has 24 heavy (non-hydrogen) atoms. The first-order valence-electron chi connectivity index (χ1n) is 9.33. The van der Waals surface area contributed by atoms with Crippen molar-refractivity contribution in [2.75, 3.05) is 26.7 Å². The maximum absolute atomic E-state index is 4.57. The van der Waals surface area contributed by atoms with Crippen LogP contribution in [0, 0.1) is 5.41 Å². The second-order valence-corrected chi connectivity index (χ2v) is 7.74. The fourth-order valence-electron chi connectivity index (χ4n) is 4.81. The topological polar surface area (TPSA) is 27.6 Å². The fraction of sp³-hybridized carbons (Fsp3) is 0.650. The van der Waals surface area contributed by atoms with Crippen LogP contribution in [-0.2, 0) is 6.42 Å². The molecule has 1 saturated heterocycles. The van der Waals surface area contributed by atoms with Crippen molar-refractivity contribution in [2.45, 2.75) is 50.9 Å². The SMILES string of the molecule is CN=C(NCC1CCCc2ccccc21)N1CCC2(CCC2)C1.I. The van der Waals surface area contributed by atoms with Gasteiger partial charge in [0, 0.05) is 32.6 Å². The summed E-state index contributed by atoms with van der Waals surface area (Å²) in [5, 5.41) is 3.68. The molecule has 4 rings (SSSR count). The van der Waals surface area contributed by atoms with Crippen LogP contribution in [-0.4, -0.2) is 37.5 Å². The Hall–Kier alpha value is -0.780. The highest BCUT2D eigenvalue weighted by atomic mass is 127. The number of aliphatic imine (C=N–C) groups is 1. The molecule has 0 amide bonds. The second-order valence-electron chi connectivity index (χ2n) is 7.74. The molecule has 1 aromatic carbocycles. The Morgan fingerprint density at radius 2 is 2.08 bits per heavy atom. The van der Waals surface area contributed by atoms with Gasteiger partial charge >= 0.3 is 0 Å². The lowest BCUT2D eigenvalue weighted by molar-refractivity contribution is 0.151. The van der Waals surface area contributed by atoms with Crippen LogP contribution >= 0.6 is 24.0 Å². The zero-order valence-electron chi connectivity index (χ0n) is 14.8. The lowest BCUT2D eigenvalue weighted by atomic mass is 9.68. The molecule has 1 atom stereocenters. The number of nitrogens with zero attached hydrogens (tertiary/aromatic N) is 2. The predicted molar refractivity (Wildman–Crippen MR) is 111 cm³/mol. The molecule has 4 heteroatoms. The monoisotopic (exact) mass is 439 g/mol. The quantitative estimate of drug-likeness (QED) is 0.426. The largest absolute Gasteiger partial charge is 0.356 e. The Morgan fingerprint density at radius 1 is 1.25 bits per heavy atom. The lowest BCUT2D eigenvalue weighted by Gasteiger charge is -2.38. The molecule has 1 spiro atoms. The minimum absolute atomic E-state index is 0. The molecule has 0 aromatic heterocycles. The van der Waals surface area contributed by atoms with Crippen LogP contribution in [0.15, 0.2) is 29.3 Å². The summed E-state index contributed by atoms with van der Waals surface area (Å²) < 4.78 is 0. The van der Waals surface area contributed by atoms with Crippen LogP contribution in [0.2, 0.25) is 0 Å². The first-order chi connectivity index (χ1) is 11.3. The van der Waals surface area contributed by atoms with Gasteiger partial charge in [0.05, 0.1) is 0 Å². The number of aryl methyl sites for hydroxylation is 1. The van der Waals surface area contributed by atoms with Crippen molar-refractivity contribution in [3.63, 3.8) is 0 Å². The van der Waals surface area contributed by atoms with Crippen LogP contribution in [0.3, 0.4) is 0 Å². The Bertz CT molecular complexity index is 594. The van der Waals surface area contributed by atoms with Gasteiger partial charge in [-0.3, -0.25) is 4.99 Å². The van der Waals surface area contributed by atoms with Gasteiger partial charge in [-0.05, 0) is 55.1 Å². The summed E-state index contributed by atoms with van der Waals surface area (Å²) in [6.07, 6.45) is 9.50. The van der Waals surface area contributed by atoms with Crippen LogP contribution in [0.5, 0.6) is 0 Å². The summed E-state index contributed by atoms with van der Waals surface area (Å²) in [4.78, 5) is 7.06. The van der Waals surface area contributed by atoms with Crippen LogP contribution < -0.4 is 5.32 Å². The molecule has 1 N–H and O–H groups in total. The van der Waals surface area contributed by atoms with E-state index in [0.29, 0.717) is 11.3 Å². The second kappa shape index (κ2) is 7.63. The van der Waals surface area contributed by atoms with E-state index in [1.165, 1.54) is 58.0 Å². The Labute approximate surface area is 163 Å². The van der Waals surface area contributed by atoms with Gasteiger partial charge in [-0.1, -0.05) is 30.7 Å². The van der Waals surface area contributed by atoms with E-state index < -0.39 is 0 Å². The summed E-state index contributed by atoms with van der Waals surface area (Å²) in [5.74, 6) is 1.76. The third-order valence-electron chi connectivity index (χ3n) is 6.36. The third kappa shape index (κ3) is 3.44. The summed E-state index contributed by atoms with van der Waals surface area (Å²) in [6.45, 7) is 3.42. The first-order valence-corrected chi connectivity index (χ1v) is 9.33. The summed E-state index contributed by atoms with van der Waals surface area (Å²) >= 11 is 0. The van der Waals surface area contributed by atoms with Crippen LogP contribution in [0.1, 0.15) is 55.6 Å². The third-order valence-corrected chi connectivity index (χ3v) is 6.36. The Morgan fingerprint density at radius 3 is 2.79 bits per heavy atom. The van der Waals surface area contributed by atoms with Crippen molar-refractivity contribution in [3.8, 4) is 0 Å². The number of halogens is 1. The molecular formula is C20H30IN3. The summed E-state index contributed by atoms with van der Waals surface area (Å²) in [6, 6.07) is 8.99. The van der Waals surface area contributed by atoms with Crippen molar-refractivity contribution >= 4 is 29.9 Å². The molecule has 1 saturated carbocycles. The number of guanidine groups is 1. The van der Waals surface area contributed by atoms with E-state index in [4.69, 9.17) is 0 Å². The maximum Gasteiger partial charge on any atom is 0.193 e. The molecule has 2 fully saturated rings. The standard InChI is InChI=1S/C20H29N3.HI/c1-21-19(23-13-12-20(15-23)10-5-11-20)22-14-17-8-4-7-16-6-2-3-9-18(16)17;/h2-3,6,9,17H,4-5,7-8,10-15H2,1H3,(H,21,22);1H. The lowest BCUT2D eigenvalue weighted by Crippen LogP contribution is -2.44. The van der Waals surface area contributed by atoms with Crippen molar-refractivity contribution in [2.24, 2.45) is 10.4 Å². The molecule has 2 aliphatic carbocycles. The van der Waals surface area contributed by atoms with E-state index in [1.807, 2.05) is 7.05 Å². The highest BCUT2D eigenvalue weighted by molar-refractivity contribution is 14.0.